The van der Waals surface area contributed by atoms with Crippen molar-refractivity contribution in [3.8, 4) is 11.5 Å². The van der Waals surface area contributed by atoms with E-state index in [2.05, 4.69) is 48.4 Å². The van der Waals surface area contributed by atoms with Gasteiger partial charge < -0.3 is 33.7 Å². The second-order valence-electron chi connectivity index (χ2n) is 10.4. The van der Waals surface area contributed by atoms with Gasteiger partial charge in [-0.25, -0.2) is 9.78 Å². The molecular weight excluding hydrogens is 532 g/mol. The first-order valence-electron chi connectivity index (χ1n) is 13.6. The summed E-state index contributed by atoms with van der Waals surface area (Å²) in [7, 11) is 1.39. The molecule has 4 atom stereocenters. The van der Waals surface area contributed by atoms with Crippen molar-refractivity contribution < 1.29 is 42.8 Å². The lowest BCUT2D eigenvalue weighted by Gasteiger charge is -2.31. The van der Waals surface area contributed by atoms with Crippen LogP contribution in [0.15, 0.2) is 36.5 Å². The molecule has 0 saturated carbocycles. The number of ether oxygens (including phenoxy) is 6. The number of nitrogens with one attached hydrogen (secondary N) is 1. The molecule has 1 aromatic heterocycles. The van der Waals surface area contributed by atoms with E-state index >= 15 is 0 Å². The van der Waals surface area contributed by atoms with Crippen LogP contribution in [0, 0.1) is 18.8 Å². The van der Waals surface area contributed by atoms with Gasteiger partial charge in [-0.05, 0) is 31.7 Å². The van der Waals surface area contributed by atoms with Gasteiger partial charge in [0.2, 0.25) is 6.79 Å². The van der Waals surface area contributed by atoms with Crippen molar-refractivity contribution in [1.82, 2.24) is 10.3 Å². The fourth-order valence-corrected chi connectivity index (χ4v) is 4.38. The minimum Gasteiger partial charge on any atom is -0.493 e. The third-order valence-electron chi connectivity index (χ3n) is 6.44. The molecule has 1 saturated heterocycles. The number of cyclic esters (lactones) is 1. The summed E-state index contributed by atoms with van der Waals surface area (Å²) in [6, 6.07) is 8.63. The molecule has 11 heteroatoms. The number of pyridine rings is 1. The van der Waals surface area contributed by atoms with E-state index in [0.717, 1.165) is 5.56 Å². The van der Waals surface area contributed by atoms with Crippen LogP contribution in [0.3, 0.4) is 0 Å². The molecule has 3 rings (SSSR count). The lowest BCUT2D eigenvalue weighted by Crippen LogP contribution is -2.46. The minimum absolute atomic E-state index is 0.0419. The molecule has 1 aliphatic heterocycles. The Hall–Kier alpha value is -3.70. The van der Waals surface area contributed by atoms with E-state index in [0.29, 0.717) is 13.0 Å². The zero-order valence-corrected chi connectivity index (χ0v) is 24.5. The number of amides is 1. The fourth-order valence-electron chi connectivity index (χ4n) is 4.38. The molecule has 1 aliphatic rings. The number of carbonyl (C=O) groups excluding carboxylic acids is 3. The topological polar surface area (TPSA) is 132 Å². The van der Waals surface area contributed by atoms with Crippen LogP contribution in [0.5, 0.6) is 11.5 Å². The Bertz CT molecular complexity index is 1170. The molecule has 4 unspecified atom stereocenters. The van der Waals surface area contributed by atoms with Crippen LogP contribution >= 0.6 is 0 Å². The van der Waals surface area contributed by atoms with Gasteiger partial charge >= 0.3 is 11.9 Å². The van der Waals surface area contributed by atoms with Crippen LogP contribution in [0.1, 0.15) is 49.3 Å². The van der Waals surface area contributed by atoms with Gasteiger partial charge in [0.1, 0.15) is 6.10 Å². The lowest BCUT2D eigenvalue weighted by atomic mass is 9.91. The number of methoxy groups -OCH3 is 1. The molecule has 11 nitrogen and oxygen atoms in total. The number of benzene rings is 1. The van der Waals surface area contributed by atoms with Gasteiger partial charge in [0.05, 0.1) is 26.4 Å². The van der Waals surface area contributed by atoms with Gasteiger partial charge in [0, 0.05) is 31.7 Å². The zero-order chi connectivity index (χ0) is 29.9. The number of carbonyl (C=O) groups is 3. The predicted octanol–water partition coefficient (Wildman–Crippen LogP) is 3.26. The molecule has 0 spiro atoms. The normalized spacial score (nSPS) is 21.2. The molecule has 224 valence electrons. The summed E-state index contributed by atoms with van der Waals surface area (Å²) in [5, 5.41) is 2.64. The number of hydrogen-bond acceptors (Lipinski definition) is 10. The second kappa shape index (κ2) is 15.3. The first-order valence-corrected chi connectivity index (χ1v) is 13.6. The summed E-state index contributed by atoms with van der Waals surface area (Å²) < 4.78 is 33.7. The van der Waals surface area contributed by atoms with Crippen molar-refractivity contribution in [2.75, 3.05) is 33.7 Å². The molecule has 0 aliphatic carbocycles. The van der Waals surface area contributed by atoms with Crippen LogP contribution in [0.4, 0.5) is 0 Å². The summed E-state index contributed by atoms with van der Waals surface area (Å²) in [5.41, 5.74) is 2.13. The molecule has 0 bridgehead atoms. The van der Waals surface area contributed by atoms with Crippen molar-refractivity contribution >= 4 is 17.8 Å². The molecule has 41 heavy (non-hydrogen) atoms. The van der Waals surface area contributed by atoms with E-state index < -0.39 is 42.9 Å². The van der Waals surface area contributed by atoms with Gasteiger partial charge in [-0.3, -0.25) is 9.59 Å². The molecular formula is C30H40N2O9. The lowest BCUT2D eigenvalue weighted by molar-refractivity contribution is -0.161. The van der Waals surface area contributed by atoms with Crippen LogP contribution in [0.25, 0.3) is 0 Å². The Morgan fingerprint density at radius 3 is 2.54 bits per heavy atom. The van der Waals surface area contributed by atoms with E-state index in [1.54, 1.807) is 6.92 Å². The predicted molar refractivity (Wildman–Crippen MR) is 149 cm³/mol. The van der Waals surface area contributed by atoms with Crippen LogP contribution in [-0.4, -0.2) is 74.8 Å². The quantitative estimate of drug-likeness (QED) is 0.316. The second-order valence-corrected chi connectivity index (χ2v) is 10.4. The maximum absolute atomic E-state index is 13.3. The van der Waals surface area contributed by atoms with Gasteiger partial charge in [-0.2, -0.15) is 0 Å². The summed E-state index contributed by atoms with van der Waals surface area (Å²) in [4.78, 5) is 41.8. The number of aromatic nitrogens is 1. The maximum atomic E-state index is 13.3. The van der Waals surface area contributed by atoms with Gasteiger partial charge in [-0.1, -0.05) is 43.7 Å². The summed E-state index contributed by atoms with van der Waals surface area (Å²) in [5.74, 6) is -1.60. The highest BCUT2D eigenvalue weighted by molar-refractivity contribution is 5.98. The Kier molecular flexibility index (Phi) is 11.9. The van der Waals surface area contributed by atoms with Crippen LogP contribution in [0.2, 0.25) is 0 Å². The Morgan fingerprint density at radius 1 is 1.15 bits per heavy atom. The Labute approximate surface area is 240 Å². The largest absolute Gasteiger partial charge is 0.493 e. The SMILES string of the molecule is COc1ccnc(C(=O)NC2COCC(Cc3ccc(C)cc3)C(OCC(C)C)C(C)OC2=O)c1OCOC(C)=O. The van der Waals surface area contributed by atoms with E-state index in [-0.39, 0.29) is 42.2 Å². The van der Waals surface area contributed by atoms with Crippen LogP contribution in [-0.2, 0) is 35.0 Å². The maximum Gasteiger partial charge on any atom is 0.331 e. The fraction of sp³-hybridized carbons (Fsp3) is 0.533. The van der Waals surface area contributed by atoms with E-state index in [1.807, 2.05) is 6.92 Å². The summed E-state index contributed by atoms with van der Waals surface area (Å²) in [6.07, 6.45) is 1.01. The average Bonchev–Trinajstić information content (AvgIpc) is 2.97. The first-order chi connectivity index (χ1) is 19.6. The van der Waals surface area contributed by atoms with Crippen LogP contribution < -0.4 is 14.8 Å². The number of nitrogens with zero attached hydrogens (tertiary/aromatic N) is 1. The van der Waals surface area contributed by atoms with Crippen molar-refractivity contribution in [3.05, 3.63) is 53.3 Å². The van der Waals surface area contributed by atoms with E-state index in [9.17, 15) is 14.4 Å². The molecule has 0 radical (unpaired) electrons. The average molecular weight is 573 g/mol. The van der Waals surface area contributed by atoms with E-state index in [4.69, 9.17) is 28.4 Å². The van der Waals surface area contributed by atoms with Crippen molar-refractivity contribution in [3.63, 3.8) is 0 Å². The standard InChI is InChI=1S/C30H40N2O9/c1-18(2)14-38-27-20(4)41-30(35)24(16-37-15-23(27)13-22-9-7-19(3)8-10-22)32-29(34)26-28(40-17-39-21(5)33)25(36-6)11-12-31-26/h7-12,18,20,23-24,27H,13-17H2,1-6H3,(H,32,34). The molecule has 1 aromatic carbocycles. The minimum atomic E-state index is -1.12. The van der Waals surface area contributed by atoms with Gasteiger partial charge in [0.25, 0.3) is 5.91 Å². The van der Waals surface area contributed by atoms with Crippen molar-refractivity contribution in [1.29, 1.82) is 0 Å². The van der Waals surface area contributed by atoms with Crippen molar-refractivity contribution in [2.24, 2.45) is 11.8 Å². The number of rotatable bonds is 11. The molecule has 2 heterocycles. The number of hydrogen-bond donors (Lipinski definition) is 1. The highest BCUT2D eigenvalue weighted by atomic mass is 16.7. The molecule has 2 aromatic rings. The van der Waals surface area contributed by atoms with E-state index in [1.165, 1.54) is 31.9 Å². The number of esters is 2. The van der Waals surface area contributed by atoms with Crippen molar-refractivity contribution in [2.45, 2.75) is 59.3 Å². The zero-order valence-electron chi connectivity index (χ0n) is 24.5. The molecule has 1 amide bonds. The van der Waals surface area contributed by atoms with Gasteiger partial charge in [-0.15, -0.1) is 0 Å². The summed E-state index contributed by atoms with van der Waals surface area (Å²) in [6.45, 7) is 9.38. The highest BCUT2D eigenvalue weighted by Gasteiger charge is 2.36. The Morgan fingerprint density at radius 2 is 1.88 bits per heavy atom. The highest BCUT2D eigenvalue weighted by Crippen LogP contribution is 2.30. The third kappa shape index (κ3) is 9.43. The number of aryl methyl sites for hydroxylation is 1. The molecule has 1 N–H and O–H groups in total. The smallest absolute Gasteiger partial charge is 0.331 e. The molecule has 1 fully saturated rings. The Balaban J connectivity index is 1.79. The third-order valence-corrected chi connectivity index (χ3v) is 6.44. The first kappa shape index (κ1) is 31.8. The monoisotopic (exact) mass is 572 g/mol. The summed E-state index contributed by atoms with van der Waals surface area (Å²) >= 11 is 0. The van der Waals surface area contributed by atoms with Gasteiger partial charge in [0.15, 0.2) is 23.2 Å².